The van der Waals surface area contributed by atoms with Gasteiger partial charge in [-0.2, -0.15) is 0 Å². The molecule has 0 N–H and O–H groups in total. The zero-order valence-electron chi connectivity index (χ0n) is 32.5. The van der Waals surface area contributed by atoms with Gasteiger partial charge in [0, 0.05) is 16.7 Å². The van der Waals surface area contributed by atoms with Gasteiger partial charge in [0.25, 0.3) is 9.03 Å². The highest BCUT2D eigenvalue weighted by Crippen LogP contribution is 2.49. The summed E-state index contributed by atoms with van der Waals surface area (Å²) in [5.41, 5.74) is 7.63. The molecule has 0 aliphatic rings. The molecule has 0 spiro atoms. The monoisotopic (exact) mass is 730 g/mol. The van der Waals surface area contributed by atoms with Gasteiger partial charge in [-0.25, -0.2) is 0 Å². The van der Waals surface area contributed by atoms with Crippen molar-refractivity contribution in [3.8, 4) is 39.9 Å². The third-order valence-corrected chi connectivity index (χ3v) is 11.1. The summed E-state index contributed by atoms with van der Waals surface area (Å²) in [5.74, 6) is 4.93. The van der Waals surface area contributed by atoms with Gasteiger partial charge in [-0.05, 0) is 127 Å². The molecule has 7 nitrogen and oxygen atoms in total. The SMILES string of the molecule is COc1cc(C)c(OPOc2cc3ccc(C(C)(C)C)cc3cc2C(C)(C)C)c(-c2cc(OC)cc(C)c2Op2oc(C)c(C)c(C)c(C)o2)c1. The first-order chi connectivity index (χ1) is 23.9. The fourth-order valence-corrected chi connectivity index (χ4v) is 7.79. The lowest BCUT2D eigenvalue weighted by Gasteiger charge is -2.25. The molecule has 0 bridgehead atoms. The lowest BCUT2D eigenvalue weighted by molar-refractivity contribution is 0.412. The molecule has 5 aromatic rings. The molecule has 0 aliphatic carbocycles. The molecule has 1 atom stereocenters. The molecule has 272 valence electrons. The van der Waals surface area contributed by atoms with Crippen molar-refractivity contribution in [2.75, 3.05) is 14.2 Å². The normalized spacial score (nSPS) is 12.0. The average molecular weight is 731 g/mol. The van der Waals surface area contributed by atoms with Gasteiger partial charge in [0.15, 0.2) is 0 Å². The topological polar surface area (TPSA) is 72.4 Å². The second kappa shape index (κ2) is 14.9. The van der Waals surface area contributed by atoms with Crippen LogP contribution in [0.15, 0.2) is 63.0 Å². The Morgan fingerprint density at radius 1 is 0.588 bits per heavy atom. The zero-order valence-corrected chi connectivity index (χ0v) is 34.4. The molecule has 5 rings (SSSR count). The lowest BCUT2D eigenvalue weighted by atomic mass is 9.83. The Balaban J connectivity index is 1.58. The Morgan fingerprint density at radius 3 is 1.67 bits per heavy atom. The Labute approximate surface area is 306 Å². The maximum absolute atomic E-state index is 6.63. The van der Waals surface area contributed by atoms with E-state index in [-0.39, 0.29) is 19.9 Å². The van der Waals surface area contributed by atoms with Crippen LogP contribution >= 0.6 is 17.3 Å². The van der Waals surface area contributed by atoms with Gasteiger partial charge < -0.3 is 31.4 Å². The van der Waals surface area contributed by atoms with Crippen molar-refractivity contribution < 1.29 is 31.4 Å². The van der Waals surface area contributed by atoms with Crippen molar-refractivity contribution in [3.63, 3.8) is 0 Å². The molecule has 0 amide bonds. The Bertz CT molecular complexity index is 2090. The Kier molecular flexibility index (Phi) is 11.2. The van der Waals surface area contributed by atoms with Gasteiger partial charge in [-0.15, -0.1) is 0 Å². The van der Waals surface area contributed by atoms with Crippen molar-refractivity contribution in [2.24, 2.45) is 0 Å². The smallest absolute Gasteiger partial charge is 0.452 e. The lowest BCUT2D eigenvalue weighted by Crippen LogP contribution is -2.13. The zero-order chi connectivity index (χ0) is 37.4. The van der Waals surface area contributed by atoms with E-state index < -0.39 is 8.24 Å². The molecule has 1 heterocycles. The van der Waals surface area contributed by atoms with E-state index in [9.17, 15) is 0 Å². The van der Waals surface area contributed by atoms with E-state index in [2.05, 4.69) is 71.9 Å². The van der Waals surface area contributed by atoms with Crippen LogP contribution in [-0.4, -0.2) is 14.2 Å². The third-order valence-electron chi connectivity index (χ3n) is 9.37. The molecule has 9 heteroatoms. The van der Waals surface area contributed by atoms with Crippen LogP contribution < -0.4 is 23.0 Å². The minimum Gasteiger partial charge on any atom is -0.497 e. The van der Waals surface area contributed by atoms with E-state index in [1.54, 1.807) is 14.2 Å². The van der Waals surface area contributed by atoms with E-state index in [1.807, 2.05) is 65.8 Å². The third kappa shape index (κ3) is 8.37. The highest BCUT2D eigenvalue weighted by molar-refractivity contribution is 7.31. The highest BCUT2D eigenvalue weighted by atomic mass is 31.1. The number of methoxy groups -OCH3 is 2. The maximum Gasteiger partial charge on any atom is 0.452 e. The summed E-state index contributed by atoms with van der Waals surface area (Å²) in [5, 5.41) is 2.32. The number of aryl methyl sites for hydroxylation is 4. The molecule has 51 heavy (non-hydrogen) atoms. The molecular weight excluding hydrogens is 678 g/mol. The molecule has 4 aromatic carbocycles. The largest absolute Gasteiger partial charge is 0.497 e. The van der Waals surface area contributed by atoms with Gasteiger partial charge >= 0.3 is 8.24 Å². The van der Waals surface area contributed by atoms with E-state index >= 15 is 0 Å². The number of rotatable bonds is 9. The minimum absolute atomic E-state index is 0.0570. The van der Waals surface area contributed by atoms with Crippen molar-refractivity contribution >= 4 is 28.0 Å². The fraction of sp³-hybridized carbons (Fsp3) is 0.381. The molecule has 0 saturated heterocycles. The predicted molar refractivity (Wildman–Crippen MR) is 212 cm³/mol. The van der Waals surface area contributed by atoms with Crippen molar-refractivity contribution in [2.45, 2.75) is 93.9 Å². The first-order valence-corrected chi connectivity index (χ1v) is 19.1. The van der Waals surface area contributed by atoms with E-state index in [0.717, 1.165) is 61.6 Å². The summed E-state index contributed by atoms with van der Waals surface area (Å²) >= 11 is 0. The van der Waals surface area contributed by atoms with Gasteiger partial charge in [-0.1, -0.05) is 59.7 Å². The average Bonchev–Trinajstić information content (AvgIpc) is 3.15. The Hall–Kier alpha value is -4.05. The highest BCUT2D eigenvalue weighted by Gasteiger charge is 2.24. The molecule has 0 radical (unpaired) electrons. The number of fused-ring (bicyclic) bond motifs is 1. The van der Waals surface area contributed by atoms with Gasteiger partial charge in [-0.3, -0.25) is 0 Å². The summed E-state index contributed by atoms with van der Waals surface area (Å²) in [6.45, 7) is 25.2. The van der Waals surface area contributed by atoms with Gasteiger partial charge in [0.2, 0.25) is 0 Å². The summed E-state index contributed by atoms with van der Waals surface area (Å²) < 4.78 is 43.7. The Morgan fingerprint density at radius 2 is 1.14 bits per heavy atom. The molecule has 0 aliphatic heterocycles. The second-order valence-electron chi connectivity index (χ2n) is 15.2. The number of hydrogen-bond donors (Lipinski definition) is 0. The van der Waals surface area contributed by atoms with Crippen LogP contribution in [-0.2, 0) is 10.8 Å². The van der Waals surface area contributed by atoms with Crippen LogP contribution in [0.25, 0.3) is 21.9 Å². The van der Waals surface area contributed by atoms with Crippen LogP contribution in [0.3, 0.4) is 0 Å². The van der Waals surface area contributed by atoms with E-state index in [1.165, 1.54) is 10.9 Å². The van der Waals surface area contributed by atoms with Gasteiger partial charge in [0.1, 0.15) is 40.3 Å². The first-order valence-electron chi connectivity index (χ1n) is 17.2. The molecule has 1 aromatic heterocycles. The first kappa shape index (κ1) is 38.2. The van der Waals surface area contributed by atoms with Gasteiger partial charge in [0.05, 0.1) is 14.2 Å². The van der Waals surface area contributed by atoms with Crippen LogP contribution in [0.5, 0.6) is 28.7 Å². The quantitative estimate of drug-likeness (QED) is 0.140. The second-order valence-corrected chi connectivity index (χ2v) is 16.8. The van der Waals surface area contributed by atoms with Crippen molar-refractivity contribution in [1.29, 1.82) is 0 Å². The number of benzene rings is 4. The van der Waals surface area contributed by atoms with Crippen LogP contribution in [0, 0.1) is 41.5 Å². The van der Waals surface area contributed by atoms with Crippen LogP contribution in [0.1, 0.15) is 86.4 Å². The maximum atomic E-state index is 6.63. The van der Waals surface area contributed by atoms with E-state index in [4.69, 9.17) is 31.4 Å². The summed E-state index contributed by atoms with van der Waals surface area (Å²) in [6, 6.07) is 18.8. The molecular formula is C42H52O7P2. The van der Waals surface area contributed by atoms with E-state index in [0.29, 0.717) is 23.0 Å². The fourth-order valence-electron chi connectivity index (χ4n) is 5.91. The van der Waals surface area contributed by atoms with Crippen molar-refractivity contribution in [3.05, 3.63) is 99.5 Å². The number of ether oxygens (including phenoxy) is 2. The summed E-state index contributed by atoms with van der Waals surface area (Å²) in [4.78, 5) is 0. The van der Waals surface area contributed by atoms with Crippen molar-refractivity contribution in [1.82, 2.24) is 0 Å². The molecule has 1 unspecified atom stereocenters. The molecule has 0 fully saturated rings. The molecule has 0 saturated carbocycles. The minimum atomic E-state index is -1.80. The standard InChI is InChI=1S/C42H52O7P2/c1-24-17-33(43-13)22-35(36-23-34(44-14)18-25(2)40(36)49-51-47-28(5)26(3)27(4)29(6)48-51)39(24)46-50-45-38-21-30-15-16-32(41(7,8)9)19-31(30)20-37(38)42(10,11)12/h15-23,50H,1-14H3. The van der Waals surface area contributed by atoms with Crippen LogP contribution in [0.2, 0.25) is 0 Å². The summed E-state index contributed by atoms with van der Waals surface area (Å²) in [6.07, 6.45) is 0. The summed E-state index contributed by atoms with van der Waals surface area (Å²) in [7, 11) is 1.17. The predicted octanol–water partition coefficient (Wildman–Crippen LogP) is 13.1. The van der Waals surface area contributed by atoms with Crippen LogP contribution in [0.4, 0.5) is 0 Å². The number of hydrogen-bond acceptors (Lipinski definition) is 7.